The fourth-order valence-corrected chi connectivity index (χ4v) is 3.48. The van der Waals surface area contributed by atoms with E-state index in [1.807, 2.05) is 47.1 Å². The minimum absolute atomic E-state index is 0. The maximum Gasteiger partial charge on any atom is 0.191 e. The molecule has 0 aromatic carbocycles. The summed E-state index contributed by atoms with van der Waals surface area (Å²) in [5.74, 6) is 3.42. The van der Waals surface area contributed by atoms with Crippen LogP contribution >= 0.6 is 47.1 Å². The molecule has 1 unspecified atom stereocenters. The van der Waals surface area contributed by atoms with Crippen molar-refractivity contribution in [1.82, 2.24) is 25.4 Å². The Kier molecular flexibility index (Phi) is 10.6. The molecule has 3 N–H and O–H groups in total. The van der Waals surface area contributed by atoms with E-state index in [0.717, 1.165) is 35.9 Å². The third kappa shape index (κ3) is 7.59. The fourth-order valence-electron chi connectivity index (χ4n) is 2.26. The van der Waals surface area contributed by atoms with Crippen LogP contribution in [-0.2, 0) is 19.2 Å². The van der Waals surface area contributed by atoms with Crippen molar-refractivity contribution in [2.24, 2.45) is 12.0 Å². The molecule has 0 fully saturated rings. The van der Waals surface area contributed by atoms with Crippen LogP contribution in [0.1, 0.15) is 30.6 Å². The standard InChI is InChI=1S/C17H28N6OS2.HI/c1-13-21-22-15(23(13)3)10-19-16(18-7-5-8-25-4)20-12-17(2,24)14-6-9-26-11-14;/h6,9,11,24H,5,7-8,10,12H2,1-4H3,(H2,18,19,20);1H. The number of hydrogen-bond donors (Lipinski definition) is 3. The summed E-state index contributed by atoms with van der Waals surface area (Å²) in [5, 5.41) is 29.4. The van der Waals surface area contributed by atoms with Crippen LogP contribution in [0, 0.1) is 6.92 Å². The number of hydrogen-bond acceptors (Lipinski definition) is 6. The Labute approximate surface area is 186 Å². The molecule has 27 heavy (non-hydrogen) atoms. The molecule has 0 spiro atoms. The van der Waals surface area contributed by atoms with E-state index in [2.05, 4.69) is 32.1 Å². The first-order valence-corrected chi connectivity index (χ1v) is 10.9. The molecule has 2 aromatic heterocycles. The van der Waals surface area contributed by atoms with Gasteiger partial charge in [0.05, 0.1) is 6.54 Å². The van der Waals surface area contributed by atoms with Gasteiger partial charge in [-0.05, 0) is 54.7 Å². The van der Waals surface area contributed by atoms with Gasteiger partial charge in [0.25, 0.3) is 0 Å². The number of nitrogens with zero attached hydrogens (tertiary/aromatic N) is 4. The first kappa shape index (κ1) is 24.2. The highest BCUT2D eigenvalue weighted by Gasteiger charge is 2.23. The van der Waals surface area contributed by atoms with Gasteiger partial charge in [-0.1, -0.05) is 0 Å². The predicted molar refractivity (Wildman–Crippen MR) is 125 cm³/mol. The molecule has 0 bridgehead atoms. The number of aryl methyl sites for hydroxylation is 1. The molecule has 152 valence electrons. The van der Waals surface area contributed by atoms with Crippen molar-refractivity contribution in [1.29, 1.82) is 0 Å². The lowest BCUT2D eigenvalue weighted by Crippen LogP contribution is -2.44. The average Bonchev–Trinajstić information content (AvgIpc) is 3.26. The van der Waals surface area contributed by atoms with Crippen molar-refractivity contribution >= 4 is 53.0 Å². The van der Waals surface area contributed by atoms with Gasteiger partial charge in [0, 0.05) is 13.6 Å². The predicted octanol–water partition coefficient (Wildman–Crippen LogP) is 2.50. The molecule has 0 saturated carbocycles. The van der Waals surface area contributed by atoms with Crippen LogP contribution in [0.3, 0.4) is 0 Å². The normalized spacial score (nSPS) is 13.7. The highest BCUT2D eigenvalue weighted by atomic mass is 127. The Morgan fingerprint density at radius 2 is 2.19 bits per heavy atom. The van der Waals surface area contributed by atoms with E-state index in [9.17, 15) is 5.11 Å². The zero-order chi connectivity index (χ0) is 19.0. The Bertz CT molecular complexity index is 702. The lowest BCUT2D eigenvalue weighted by molar-refractivity contribution is 0.0621. The molecule has 0 aliphatic heterocycles. The van der Waals surface area contributed by atoms with Crippen LogP contribution in [0.15, 0.2) is 21.8 Å². The third-order valence-corrected chi connectivity index (χ3v) is 5.50. The molecular weight excluding hydrogens is 495 g/mol. The van der Waals surface area contributed by atoms with Gasteiger partial charge in [0.2, 0.25) is 0 Å². The molecule has 0 aliphatic rings. The van der Waals surface area contributed by atoms with Crippen LogP contribution in [0.2, 0.25) is 0 Å². The monoisotopic (exact) mass is 524 g/mol. The highest BCUT2D eigenvalue weighted by molar-refractivity contribution is 14.0. The number of thioether (sulfide) groups is 1. The number of aliphatic imine (C=N–C) groups is 1. The molecule has 0 saturated heterocycles. The molecule has 0 aliphatic carbocycles. The highest BCUT2D eigenvalue weighted by Crippen LogP contribution is 2.21. The number of rotatable bonds is 9. The second-order valence-electron chi connectivity index (χ2n) is 6.30. The summed E-state index contributed by atoms with van der Waals surface area (Å²) in [6, 6.07) is 1.94. The summed E-state index contributed by atoms with van der Waals surface area (Å²) in [5.41, 5.74) is -0.0519. The molecule has 2 heterocycles. The number of aliphatic hydroxyl groups is 1. The van der Waals surface area contributed by atoms with Crippen molar-refractivity contribution in [3.8, 4) is 0 Å². The molecule has 0 amide bonds. The van der Waals surface area contributed by atoms with Crippen molar-refractivity contribution in [2.45, 2.75) is 32.4 Å². The molecule has 2 rings (SSSR count). The Morgan fingerprint density at radius 1 is 1.41 bits per heavy atom. The fraction of sp³-hybridized carbons (Fsp3) is 0.588. The zero-order valence-electron chi connectivity index (χ0n) is 16.2. The average molecular weight is 524 g/mol. The number of aromatic nitrogens is 3. The molecular formula is C17H29IN6OS2. The van der Waals surface area contributed by atoms with E-state index in [1.54, 1.807) is 18.3 Å². The molecule has 10 heteroatoms. The smallest absolute Gasteiger partial charge is 0.191 e. The second kappa shape index (κ2) is 11.9. The van der Waals surface area contributed by atoms with E-state index >= 15 is 0 Å². The van der Waals surface area contributed by atoms with Crippen LogP contribution in [0.4, 0.5) is 0 Å². The van der Waals surface area contributed by atoms with E-state index in [1.165, 1.54) is 0 Å². The summed E-state index contributed by atoms with van der Waals surface area (Å²) in [4.78, 5) is 4.61. The third-order valence-electron chi connectivity index (χ3n) is 4.12. The minimum atomic E-state index is -0.955. The van der Waals surface area contributed by atoms with Crippen molar-refractivity contribution < 1.29 is 5.11 Å². The van der Waals surface area contributed by atoms with Gasteiger partial charge in [-0.15, -0.1) is 34.2 Å². The summed E-state index contributed by atoms with van der Waals surface area (Å²) in [6.45, 7) is 5.34. The van der Waals surface area contributed by atoms with Gasteiger partial charge in [0.15, 0.2) is 11.8 Å². The van der Waals surface area contributed by atoms with Gasteiger partial charge < -0.3 is 20.3 Å². The number of guanidine groups is 1. The summed E-state index contributed by atoms with van der Waals surface area (Å²) >= 11 is 3.40. The first-order chi connectivity index (χ1) is 12.4. The van der Waals surface area contributed by atoms with Gasteiger partial charge >= 0.3 is 0 Å². The van der Waals surface area contributed by atoms with Gasteiger partial charge in [0.1, 0.15) is 18.0 Å². The molecule has 1 atom stereocenters. The van der Waals surface area contributed by atoms with Crippen molar-refractivity contribution in [3.63, 3.8) is 0 Å². The number of nitrogens with one attached hydrogen (secondary N) is 2. The molecule has 0 radical (unpaired) electrons. The van der Waals surface area contributed by atoms with Crippen LogP contribution in [-0.4, -0.2) is 50.9 Å². The van der Waals surface area contributed by atoms with Gasteiger partial charge in [-0.25, -0.2) is 4.99 Å². The molecule has 2 aromatic rings. The van der Waals surface area contributed by atoms with E-state index < -0.39 is 5.60 Å². The maximum atomic E-state index is 10.7. The quantitative estimate of drug-likeness (QED) is 0.202. The van der Waals surface area contributed by atoms with Crippen molar-refractivity contribution in [2.75, 3.05) is 25.1 Å². The van der Waals surface area contributed by atoms with Crippen molar-refractivity contribution in [3.05, 3.63) is 34.0 Å². The van der Waals surface area contributed by atoms with E-state index in [0.29, 0.717) is 19.0 Å². The van der Waals surface area contributed by atoms with Gasteiger partial charge in [-0.3, -0.25) is 0 Å². The maximum absolute atomic E-state index is 10.7. The Morgan fingerprint density at radius 3 is 2.78 bits per heavy atom. The van der Waals surface area contributed by atoms with E-state index in [4.69, 9.17) is 0 Å². The van der Waals surface area contributed by atoms with Crippen LogP contribution < -0.4 is 10.6 Å². The number of thiophene rings is 1. The Balaban J connectivity index is 0.00000364. The first-order valence-electron chi connectivity index (χ1n) is 8.55. The minimum Gasteiger partial charge on any atom is -0.384 e. The summed E-state index contributed by atoms with van der Waals surface area (Å²) in [6.07, 6.45) is 3.15. The topological polar surface area (TPSA) is 87.4 Å². The lowest BCUT2D eigenvalue weighted by atomic mass is 9.99. The lowest BCUT2D eigenvalue weighted by Gasteiger charge is -2.24. The SMILES string of the molecule is CSCCCNC(=NCc1nnc(C)n1C)NCC(C)(O)c1ccsc1.I. The zero-order valence-corrected chi connectivity index (χ0v) is 20.2. The Hall–Kier alpha value is -0.850. The summed E-state index contributed by atoms with van der Waals surface area (Å²) in [7, 11) is 1.93. The van der Waals surface area contributed by atoms with E-state index in [-0.39, 0.29) is 24.0 Å². The largest absolute Gasteiger partial charge is 0.384 e. The van der Waals surface area contributed by atoms with Gasteiger partial charge in [-0.2, -0.15) is 23.1 Å². The number of halogens is 1. The van der Waals surface area contributed by atoms with Crippen LogP contribution in [0.5, 0.6) is 0 Å². The van der Waals surface area contributed by atoms with Crippen LogP contribution in [0.25, 0.3) is 0 Å². The second-order valence-corrected chi connectivity index (χ2v) is 8.07. The molecule has 7 nitrogen and oxygen atoms in total. The summed E-state index contributed by atoms with van der Waals surface area (Å²) < 4.78 is 1.93.